The van der Waals surface area contributed by atoms with Gasteiger partial charge in [-0.2, -0.15) is 0 Å². The summed E-state index contributed by atoms with van der Waals surface area (Å²) in [5.41, 5.74) is 4.77. The standard InChI is InChI=1S/C37H41FN4O5/c1-25(2)24-47-42-35(44)22-33(40-34(43)20-17-26-9-4-3-5-10-26)37(46)41-32(21-27-15-18-30(38)19-16-27)36(45)39-23-29-13-8-12-28-11-6-7-14-31(28)29/h3-16,18-19,25,32-33H,17,20-24H2,1-2H3,(H,39,45)(H,40,43)(H,41,46)(H,42,44). The molecule has 0 aliphatic heterocycles. The number of hydrogen-bond donors (Lipinski definition) is 4. The van der Waals surface area contributed by atoms with E-state index >= 15 is 0 Å². The average molecular weight is 641 g/mol. The van der Waals surface area contributed by atoms with Crippen LogP contribution in [0.2, 0.25) is 0 Å². The van der Waals surface area contributed by atoms with Crippen molar-refractivity contribution >= 4 is 34.4 Å². The number of carbonyl (C=O) groups is 4. The highest BCUT2D eigenvalue weighted by molar-refractivity contribution is 5.95. The van der Waals surface area contributed by atoms with Gasteiger partial charge in [0.2, 0.25) is 23.6 Å². The van der Waals surface area contributed by atoms with Crippen molar-refractivity contribution in [3.63, 3.8) is 0 Å². The van der Waals surface area contributed by atoms with Gasteiger partial charge in [0.15, 0.2) is 0 Å². The second-order valence-corrected chi connectivity index (χ2v) is 11.8. The maximum absolute atomic E-state index is 13.7. The molecule has 0 aromatic heterocycles. The molecule has 0 bridgehead atoms. The lowest BCUT2D eigenvalue weighted by Gasteiger charge is -2.23. The average Bonchev–Trinajstić information content (AvgIpc) is 3.06. The van der Waals surface area contributed by atoms with Gasteiger partial charge in [0.25, 0.3) is 0 Å². The Bertz CT molecular complexity index is 1640. The Morgan fingerprint density at radius 1 is 0.723 bits per heavy atom. The molecule has 2 unspecified atom stereocenters. The van der Waals surface area contributed by atoms with Gasteiger partial charge in [0.05, 0.1) is 13.0 Å². The molecule has 47 heavy (non-hydrogen) atoms. The topological polar surface area (TPSA) is 126 Å². The van der Waals surface area contributed by atoms with Crippen LogP contribution in [0.5, 0.6) is 0 Å². The van der Waals surface area contributed by atoms with Crippen LogP contribution >= 0.6 is 0 Å². The lowest BCUT2D eigenvalue weighted by Crippen LogP contribution is -2.55. The van der Waals surface area contributed by atoms with E-state index in [9.17, 15) is 23.6 Å². The number of aryl methyl sites for hydroxylation is 1. The Labute approximate surface area is 274 Å². The van der Waals surface area contributed by atoms with Gasteiger partial charge in [-0.1, -0.05) is 98.8 Å². The molecule has 2 atom stereocenters. The van der Waals surface area contributed by atoms with Crippen molar-refractivity contribution in [1.29, 1.82) is 0 Å². The summed E-state index contributed by atoms with van der Waals surface area (Å²) >= 11 is 0. The summed E-state index contributed by atoms with van der Waals surface area (Å²) < 4.78 is 13.6. The minimum atomic E-state index is -1.29. The van der Waals surface area contributed by atoms with E-state index in [2.05, 4.69) is 21.4 Å². The molecule has 4 amide bonds. The van der Waals surface area contributed by atoms with Crippen LogP contribution in [0, 0.1) is 11.7 Å². The van der Waals surface area contributed by atoms with Gasteiger partial charge in [-0.15, -0.1) is 0 Å². The van der Waals surface area contributed by atoms with E-state index < -0.39 is 48.0 Å². The van der Waals surface area contributed by atoms with Crippen molar-refractivity contribution in [3.05, 3.63) is 120 Å². The molecule has 0 aliphatic rings. The number of hydroxylamine groups is 1. The predicted molar refractivity (Wildman–Crippen MR) is 178 cm³/mol. The summed E-state index contributed by atoms with van der Waals surface area (Å²) in [6.07, 6.45) is 0.159. The number of amides is 4. The summed E-state index contributed by atoms with van der Waals surface area (Å²) in [5, 5.41) is 10.3. The van der Waals surface area contributed by atoms with Gasteiger partial charge in [0.1, 0.15) is 17.9 Å². The Balaban J connectivity index is 1.49. The summed E-state index contributed by atoms with van der Waals surface area (Å²) in [6.45, 7) is 4.30. The molecule has 4 rings (SSSR count). The Hall–Kier alpha value is -5.09. The quantitative estimate of drug-likeness (QED) is 0.134. The molecule has 0 fully saturated rings. The summed E-state index contributed by atoms with van der Waals surface area (Å²) in [7, 11) is 0. The number of halogens is 1. The van der Waals surface area contributed by atoms with Crippen LogP contribution in [0.3, 0.4) is 0 Å². The number of rotatable bonds is 16. The van der Waals surface area contributed by atoms with Crippen molar-refractivity contribution in [1.82, 2.24) is 21.4 Å². The number of benzene rings is 4. The van der Waals surface area contributed by atoms with Gasteiger partial charge in [0, 0.05) is 19.4 Å². The fourth-order valence-electron chi connectivity index (χ4n) is 4.98. The largest absolute Gasteiger partial charge is 0.350 e. The molecule has 9 nitrogen and oxygen atoms in total. The number of nitrogens with one attached hydrogen (secondary N) is 4. The van der Waals surface area contributed by atoms with Gasteiger partial charge in [-0.25, -0.2) is 9.87 Å². The highest BCUT2D eigenvalue weighted by Crippen LogP contribution is 2.18. The van der Waals surface area contributed by atoms with Crippen LogP contribution in [0.15, 0.2) is 97.1 Å². The third kappa shape index (κ3) is 11.3. The van der Waals surface area contributed by atoms with Crippen molar-refractivity contribution in [3.8, 4) is 0 Å². The first kappa shape index (κ1) is 34.8. The second-order valence-electron chi connectivity index (χ2n) is 11.8. The lowest BCUT2D eigenvalue weighted by molar-refractivity contribution is -0.139. The zero-order chi connectivity index (χ0) is 33.6. The first-order valence-electron chi connectivity index (χ1n) is 15.7. The molecular formula is C37H41FN4O5. The number of hydrogen-bond acceptors (Lipinski definition) is 5. The van der Waals surface area contributed by atoms with E-state index in [0.717, 1.165) is 21.9 Å². The van der Waals surface area contributed by atoms with Crippen LogP contribution < -0.4 is 21.4 Å². The molecule has 0 radical (unpaired) electrons. The maximum atomic E-state index is 13.7. The molecule has 0 saturated carbocycles. The van der Waals surface area contributed by atoms with E-state index in [0.29, 0.717) is 12.0 Å². The summed E-state index contributed by atoms with van der Waals surface area (Å²) in [6, 6.07) is 26.3. The fraction of sp³-hybridized carbons (Fsp3) is 0.297. The smallest absolute Gasteiger partial charge is 0.246 e. The minimum absolute atomic E-state index is 0.0474. The van der Waals surface area contributed by atoms with Crippen LogP contribution in [-0.2, 0) is 43.4 Å². The molecule has 4 N–H and O–H groups in total. The molecule has 246 valence electrons. The van der Waals surface area contributed by atoms with Crippen LogP contribution in [-0.4, -0.2) is 42.3 Å². The van der Waals surface area contributed by atoms with Gasteiger partial charge >= 0.3 is 0 Å². The zero-order valence-corrected chi connectivity index (χ0v) is 26.6. The third-order valence-electron chi connectivity index (χ3n) is 7.45. The molecule has 4 aromatic rings. The molecule has 0 saturated heterocycles. The normalized spacial score (nSPS) is 12.3. The van der Waals surface area contributed by atoms with Crippen molar-refractivity contribution in [2.75, 3.05) is 6.61 Å². The molecule has 4 aromatic carbocycles. The summed E-state index contributed by atoms with van der Waals surface area (Å²) in [5.74, 6) is -2.51. The molecule has 0 spiro atoms. The van der Waals surface area contributed by atoms with E-state index in [1.54, 1.807) is 0 Å². The summed E-state index contributed by atoms with van der Waals surface area (Å²) in [4.78, 5) is 58.2. The highest BCUT2D eigenvalue weighted by atomic mass is 19.1. The van der Waals surface area contributed by atoms with Crippen molar-refractivity contribution in [2.24, 2.45) is 5.92 Å². The minimum Gasteiger partial charge on any atom is -0.350 e. The Morgan fingerprint density at radius 2 is 1.43 bits per heavy atom. The van der Waals surface area contributed by atoms with E-state index in [-0.39, 0.29) is 31.9 Å². The maximum Gasteiger partial charge on any atom is 0.246 e. The second kappa shape index (κ2) is 17.6. The third-order valence-corrected chi connectivity index (χ3v) is 7.45. The van der Waals surface area contributed by atoms with Crippen LogP contribution in [0.4, 0.5) is 4.39 Å². The SMILES string of the molecule is CC(C)CONC(=O)CC(NC(=O)CCc1ccccc1)C(=O)NC(Cc1ccc(F)cc1)C(=O)NCc1cccc2ccccc12. The van der Waals surface area contributed by atoms with Crippen molar-refractivity contribution in [2.45, 2.75) is 58.2 Å². The Morgan fingerprint density at radius 3 is 2.17 bits per heavy atom. The molecule has 0 aliphatic carbocycles. The molecular weight excluding hydrogens is 599 g/mol. The zero-order valence-electron chi connectivity index (χ0n) is 26.6. The van der Waals surface area contributed by atoms with E-state index in [4.69, 9.17) is 4.84 Å². The van der Waals surface area contributed by atoms with E-state index in [1.807, 2.05) is 86.6 Å². The highest BCUT2D eigenvalue weighted by Gasteiger charge is 2.29. The van der Waals surface area contributed by atoms with Gasteiger partial charge < -0.3 is 16.0 Å². The fourth-order valence-corrected chi connectivity index (χ4v) is 4.98. The lowest BCUT2D eigenvalue weighted by atomic mass is 10.0. The van der Waals surface area contributed by atoms with Crippen molar-refractivity contribution < 1.29 is 28.4 Å². The van der Waals surface area contributed by atoms with Crippen LogP contribution in [0.1, 0.15) is 43.4 Å². The monoisotopic (exact) mass is 640 g/mol. The predicted octanol–water partition coefficient (Wildman–Crippen LogP) is 4.53. The first-order valence-corrected chi connectivity index (χ1v) is 15.7. The van der Waals surface area contributed by atoms with Gasteiger partial charge in [-0.05, 0) is 51.9 Å². The first-order chi connectivity index (χ1) is 22.7. The Kier molecular flexibility index (Phi) is 13.0. The molecule has 0 heterocycles. The van der Waals surface area contributed by atoms with Gasteiger partial charge in [-0.3, -0.25) is 24.0 Å². The molecule has 10 heteroatoms. The number of fused-ring (bicyclic) bond motifs is 1. The van der Waals surface area contributed by atoms with Crippen LogP contribution in [0.25, 0.3) is 10.8 Å². The van der Waals surface area contributed by atoms with E-state index in [1.165, 1.54) is 24.3 Å². The number of carbonyl (C=O) groups excluding carboxylic acids is 4.